The minimum Gasteiger partial charge on any atom is -0.456 e. The minimum absolute atomic E-state index is 0.0565. The third-order valence-electron chi connectivity index (χ3n) is 3.51. The van der Waals surface area contributed by atoms with Gasteiger partial charge in [0, 0.05) is 22.7 Å². The van der Waals surface area contributed by atoms with Crippen LogP contribution in [0.1, 0.15) is 36.8 Å². The number of allylic oxidation sites excluding steroid dienone is 2. The van der Waals surface area contributed by atoms with Crippen LogP contribution < -0.4 is 0 Å². The van der Waals surface area contributed by atoms with Crippen molar-refractivity contribution in [3.05, 3.63) is 59.4 Å². The monoisotopic (exact) mass is 263 g/mol. The van der Waals surface area contributed by atoms with Gasteiger partial charge in [-0.1, -0.05) is 43.0 Å². The van der Waals surface area contributed by atoms with Crippen molar-refractivity contribution in [2.75, 3.05) is 0 Å². The molecule has 20 heavy (non-hydrogen) atoms. The first-order chi connectivity index (χ1) is 9.74. The predicted octanol–water partition coefficient (Wildman–Crippen LogP) is 5.18. The second-order valence-corrected chi connectivity index (χ2v) is 4.94. The Morgan fingerprint density at radius 2 is 2.20 bits per heavy atom. The van der Waals surface area contributed by atoms with E-state index in [0.717, 1.165) is 27.9 Å². The molecule has 2 heteroatoms. The molecule has 0 amide bonds. The molecule has 1 aliphatic rings. The predicted molar refractivity (Wildman–Crippen MR) is 86.0 cm³/mol. The number of rotatable bonds is 3. The fourth-order valence-corrected chi connectivity index (χ4v) is 2.60. The van der Waals surface area contributed by atoms with Crippen molar-refractivity contribution in [2.45, 2.75) is 19.9 Å². The lowest BCUT2D eigenvalue weighted by molar-refractivity contribution is 0.597. The van der Waals surface area contributed by atoms with Gasteiger partial charge in [0.25, 0.3) is 0 Å². The van der Waals surface area contributed by atoms with Crippen LogP contribution in [-0.4, -0.2) is 6.21 Å². The summed E-state index contributed by atoms with van der Waals surface area (Å²) in [6, 6.07) is 6.26. The summed E-state index contributed by atoms with van der Waals surface area (Å²) in [6.45, 7) is 7.94. The number of furan rings is 1. The van der Waals surface area contributed by atoms with Gasteiger partial charge in [-0.05, 0) is 25.5 Å². The van der Waals surface area contributed by atoms with Crippen LogP contribution in [0.2, 0.25) is 0 Å². The number of para-hydroxylation sites is 1. The van der Waals surface area contributed by atoms with E-state index in [4.69, 9.17) is 4.42 Å². The van der Waals surface area contributed by atoms with E-state index >= 15 is 0 Å². The van der Waals surface area contributed by atoms with Gasteiger partial charge >= 0.3 is 0 Å². The van der Waals surface area contributed by atoms with E-state index in [9.17, 15) is 0 Å². The summed E-state index contributed by atoms with van der Waals surface area (Å²) in [6.07, 6.45) is 9.86. The third kappa shape index (κ3) is 1.94. The van der Waals surface area contributed by atoms with Crippen molar-refractivity contribution in [3.63, 3.8) is 0 Å². The van der Waals surface area contributed by atoms with Crippen LogP contribution in [0.15, 0.2) is 51.9 Å². The highest BCUT2D eigenvalue weighted by Crippen LogP contribution is 2.35. The number of benzene rings is 1. The summed E-state index contributed by atoms with van der Waals surface area (Å²) in [7, 11) is 0. The normalized spacial score (nSPS) is 18.1. The molecule has 3 rings (SSSR count). The van der Waals surface area contributed by atoms with Gasteiger partial charge in [0.1, 0.15) is 11.3 Å². The lowest BCUT2D eigenvalue weighted by atomic mass is 10.0. The first kappa shape index (κ1) is 12.7. The van der Waals surface area contributed by atoms with Crippen LogP contribution in [0, 0.1) is 0 Å². The molecular weight excluding hydrogens is 246 g/mol. The number of fused-ring (bicyclic) bond motifs is 1. The van der Waals surface area contributed by atoms with Crippen LogP contribution in [0.4, 0.5) is 0 Å². The Morgan fingerprint density at radius 3 is 2.85 bits per heavy atom. The van der Waals surface area contributed by atoms with Crippen molar-refractivity contribution in [3.8, 4) is 0 Å². The molecule has 0 fully saturated rings. The molecule has 1 atom stereocenters. The molecule has 1 aliphatic heterocycles. The summed E-state index contributed by atoms with van der Waals surface area (Å²) in [5, 5.41) is 1.10. The Balaban J connectivity index is 2.25. The average molecular weight is 263 g/mol. The molecule has 0 saturated carbocycles. The summed E-state index contributed by atoms with van der Waals surface area (Å²) < 4.78 is 6.05. The Labute approximate surface area is 118 Å². The number of hydrogen-bond donors (Lipinski definition) is 0. The molecule has 0 bridgehead atoms. The standard InChI is InChI=1S/C18H17NO/c1-4-7-17-13(5-2)14-8-6-9-15(18(14)20-17)16-10-12(3)11-19-16/h4-11,16H,2H2,1,3H3/b7-4-. The molecule has 1 aromatic carbocycles. The van der Waals surface area contributed by atoms with Crippen molar-refractivity contribution >= 4 is 29.3 Å². The molecule has 0 spiro atoms. The van der Waals surface area contributed by atoms with Gasteiger partial charge in [-0.15, -0.1) is 0 Å². The van der Waals surface area contributed by atoms with Gasteiger partial charge in [-0.2, -0.15) is 0 Å². The van der Waals surface area contributed by atoms with Crippen LogP contribution in [0.3, 0.4) is 0 Å². The number of hydrogen-bond acceptors (Lipinski definition) is 2. The fourth-order valence-electron chi connectivity index (χ4n) is 2.60. The van der Waals surface area contributed by atoms with E-state index in [0.29, 0.717) is 0 Å². The Kier molecular flexibility index (Phi) is 3.15. The fraction of sp³-hybridized carbons (Fsp3) is 0.167. The first-order valence-corrected chi connectivity index (χ1v) is 6.76. The maximum Gasteiger partial charge on any atom is 0.141 e. The summed E-state index contributed by atoms with van der Waals surface area (Å²) in [4.78, 5) is 4.53. The van der Waals surface area contributed by atoms with E-state index in [1.165, 1.54) is 5.57 Å². The highest BCUT2D eigenvalue weighted by atomic mass is 16.3. The highest BCUT2D eigenvalue weighted by Gasteiger charge is 2.19. The van der Waals surface area contributed by atoms with Crippen LogP contribution in [0.5, 0.6) is 0 Å². The Hall–Kier alpha value is -2.35. The summed E-state index contributed by atoms with van der Waals surface area (Å²) in [5.41, 5.74) is 4.25. The van der Waals surface area contributed by atoms with Gasteiger partial charge in [0.2, 0.25) is 0 Å². The molecule has 0 N–H and O–H groups in total. The minimum atomic E-state index is 0.0565. The summed E-state index contributed by atoms with van der Waals surface area (Å²) in [5.74, 6) is 0.854. The Bertz CT molecular complexity index is 759. The second-order valence-electron chi connectivity index (χ2n) is 4.94. The molecule has 0 aliphatic carbocycles. The zero-order valence-corrected chi connectivity index (χ0v) is 11.8. The van der Waals surface area contributed by atoms with E-state index in [-0.39, 0.29) is 6.04 Å². The molecule has 100 valence electrons. The maximum atomic E-state index is 6.05. The molecular formula is C18H17NO. The molecule has 1 aromatic heterocycles. The smallest absolute Gasteiger partial charge is 0.141 e. The molecule has 2 heterocycles. The van der Waals surface area contributed by atoms with Crippen LogP contribution >= 0.6 is 0 Å². The zero-order valence-electron chi connectivity index (χ0n) is 11.8. The van der Waals surface area contributed by atoms with Gasteiger partial charge in [0.05, 0.1) is 6.04 Å². The third-order valence-corrected chi connectivity index (χ3v) is 3.51. The topological polar surface area (TPSA) is 25.5 Å². The maximum absolute atomic E-state index is 6.05. The molecule has 0 radical (unpaired) electrons. The van der Waals surface area contributed by atoms with Gasteiger partial charge in [-0.3, -0.25) is 4.99 Å². The highest BCUT2D eigenvalue weighted by molar-refractivity contribution is 5.93. The SMILES string of the molecule is C=Cc1c(/C=C\C)oc2c(C3C=C(C)C=N3)cccc12. The van der Waals surface area contributed by atoms with Crippen molar-refractivity contribution in [2.24, 2.45) is 4.99 Å². The van der Waals surface area contributed by atoms with E-state index in [2.05, 4.69) is 42.8 Å². The lowest BCUT2D eigenvalue weighted by Crippen LogP contribution is -1.89. The van der Waals surface area contributed by atoms with Crippen molar-refractivity contribution in [1.29, 1.82) is 0 Å². The molecule has 1 unspecified atom stereocenters. The van der Waals surface area contributed by atoms with Crippen LogP contribution in [0.25, 0.3) is 23.1 Å². The zero-order chi connectivity index (χ0) is 14.1. The largest absolute Gasteiger partial charge is 0.456 e. The van der Waals surface area contributed by atoms with Gasteiger partial charge in [-0.25, -0.2) is 0 Å². The number of aliphatic imine (C=N–C) groups is 1. The quantitative estimate of drug-likeness (QED) is 0.749. The lowest BCUT2D eigenvalue weighted by Gasteiger charge is -2.05. The number of nitrogens with zero attached hydrogens (tertiary/aromatic N) is 1. The van der Waals surface area contributed by atoms with Gasteiger partial charge < -0.3 is 4.42 Å². The summed E-state index contributed by atoms with van der Waals surface area (Å²) >= 11 is 0. The molecule has 0 saturated heterocycles. The molecule has 2 aromatic rings. The van der Waals surface area contributed by atoms with Crippen molar-refractivity contribution in [1.82, 2.24) is 0 Å². The van der Waals surface area contributed by atoms with E-state index in [1.807, 2.05) is 31.4 Å². The Morgan fingerprint density at radius 1 is 1.35 bits per heavy atom. The second kappa shape index (κ2) is 4.97. The van der Waals surface area contributed by atoms with Crippen molar-refractivity contribution < 1.29 is 4.42 Å². The average Bonchev–Trinajstić information content (AvgIpc) is 3.02. The molecule has 2 nitrogen and oxygen atoms in total. The van der Waals surface area contributed by atoms with E-state index in [1.54, 1.807) is 0 Å². The van der Waals surface area contributed by atoms with E-state index < -0.39 is 0 Å². The van der Waals surface area contributed by atoms with Crippen LogP contribution in [-0.2, 0) is 0 Å². The first-order valence-electron chi connectivity index (χ1n) is 6.76. The van der Waals surface area contributed by atoms with Gasteiger partial charge in [0.15, 0.2) is 0 Å².